The lowest BCUT2D eigenvalue weighted by Crippen LogP contribution is -2.52. The highest BCUT2D eigenvalue weighted by Gasteiger charge is 2.33. The van der Waals surface area contributed by atoms with Crippen molar-refractivity contribution in [3.8, 4) is 0 Å². The lowest BCUT2D eigenvalue weighted by atomic mass is 10.1. The van der Waals surface area contributed by atoms with E-state index in [0.717, 1.165) is 9.87 Å². The first kappa shape index (κ1) is 31.7. The minimum Gasteiger partial charge on any atom is -0.352 e. The van der Waals surface area contributed by atoms with Crippen molar-refractivity contribution in [2.24, 2.45) is 0 Å². The van der Waals surface area contributed by atoms with Crippen LogP contribution in [-0.2, 0) is 26.2 Å². The maximum atomic E-state index is 14.0. The fourth-order valence-electron chi connectivity index (χ4n) is 3.89. The highest BCUT2D eigenvalue weighted by atomic mass is 35.5. The molecule has 0 unspecified atom stereocenters. The van der Waals surface area contributed by atoms with E-state index in [-0.39, 0.29) is 34.1 Å². The Hall–Kier alpha value is -2.78. The van der Waals surface area contributed by atoms with E-state index < -0.39 is 28.5 Å². The van der Waals surface area contributed by atoms with Crippen LogP contribution < -0.4 is 9.62 Å². The van der Waals surface area contributed by atoms with Crippen LogP contribution in [0.3, 0.4) is 0 Å². The first-order chi connectivity index (χ1) is 18.8. The predicted molar refractivity (Wildman–Crippen MR) is 162 cm³/mol. The van der Waals surface area contributed by atoms with Crippen molar-refractivity contribution in [1.82, 2.24) is 10.2 Å². The van der Waals surface area contributed by atoms with Gasteiger partial charge in [0.15, 0.2) is 0 Å². The van der Waals surface area contributed by atoms with Gasteiger partial charge in [0.05, 0.1) is 25.7 Å². The topological polar surface area (TPSA) is 86.8 Å². The summed E-state index contributed by atoms with van der Waals surface area (Å²) >= 11 is 18.7. The second-order valence-corrected chi connectivity index (χ2v) is 12.6. The number of hydrogen-bond acceptors (Lipinski definition) is 4. The molecule has 11 heteroatoms. The van der Waals surface area contributed by atoms with Crippen LogP contribution in [0.15, 0.2) is 71.6 Å². The number of carbonyl (C=O) groups is 2. The Morgan fingerprint density at radius 3 is 2.15 bits per heavy atom. The molecule has 0 heterocycles. The highest BCUT2D eigenvalue weighted by molar-refractivity contribution is 7.92. The number of benzene rings is 3. The van der Waals surface area contributed by atoms with Crippen molar-refractivity contribution in [1.29, 1.82) is 0 Å². The molecule has 3 rings (SSSR count). The Kier molecular flexibility index (Phi) is 10.9. The summed E-state index contributed by atoms with van der Waals surface area (Å²) in [5.74, 6) is -0.970. The summed E-state index contributed by atoms with van der Waals surface area (Å²) in [7, 11) is -4.21. The molecule has 2 atom stereocenters. The summed E-state index contributed by atoms with van der Waals surface area (Å²) in [6, 6.07) is 16.6. The molecular formula is C29H32Cl3N3O4S. The zero-order valence-electron chi connectivity index (χ0n) is 22.7. The number of halogens is 3. The van der Waals surface area contributed by atoms with Gasteiger partial charge in [-0.3, -0.25) is 13.9 Å². The number of nitrogens with zero attached hydrogens (tertiary/aromatic N) is 2. The van der Waals surface area contributed by atoms with Crippen molar-refractivity contribution in [2.45, 2.75) is 57.6 Å². The smallest absolute Gasteiger partial charge is 0.264 e. The van der Waals surface area contributed by atoms with E-state index in [4.69, 9.17) is 34.8 Å². The van der Waals surface area contributed by atoms with E-state index >= 15 is 0 Å². The number of anilines is 1. The Morgan fingerprint density at radius 2 is 1.55 bits per heavy atom. The maximum Gasteiger partial charge on any atom is 0.264 e. The molecule has 0 aliphatic rings. The molecule has 7 nitrogen and oxygen atoms in total. The number of sulfonamides is 1. The quantitative estimate of drug-likeness (QED) is 0.265. The van der Waals surface area contributed by atoms with Gasteiger partial charge in [-0.1, -0.05) is 77.6 Å². The molecule has 40 heavy (non-hydrogen) atoms. The molecule has 214 valence electrons. The van der Waals surface area contributed by atoms with Crippen LogP contribution in [0.25, 0.3) is 0 Å². The van der Waals surface area contributed by atoms with Gasteiger partial charge in [0.25, 0.3) is 10.0 Å². The number of carbonyl (C=O) groups excluding carboxylic acids is 2. The minimum absolute atomic E-state index is 0.00409. The number of hydrogen-bond donors (Lipinski definition) is 1. The van der Waals surface area contributed by atoms with Crippen LogP contribution in [0.5, 0.6) is 0 Å². The normalized spacial score (nSPS) is 12.9. The molecular weight excluding hydrogens is 593 g/mol. The molecule has 0 aliphatic carbocycles. The van der Waals surface area contributed by atoms with E-state index in [9.17, 15) is 18.0 Å². The number of amides is 2. The monoisotopic (exact) mass is 623 g/mol. The van der Waals surface area contributed by atoms with Crippen molar-refractivity contribution in [3.05, 3.63) is 92.9 Å². The van der Waals surface area contributed by atoms with Crippen LogP contribution in [0.2, 0.25) is 15.1 Å². The van der Waals surface area contributed by atoms with Gasteiger partial charge in [-0.15, -0.1) is 0 Å². The van der Waals surface area contributed by atoms with E-state index in [1.165, 1.54) is 23.1 Å². The maximum absolute atomic E-state index is 14.0. The third-order valence-electron chi connectivity index (χ3n) is 6.51. The summed E-state index contributed by atoms with van der Waals surface area (Å²) < 4.78 is 28.7. The molecule has 0 fully saturated rings. The van der Waals surface area contributed by atoms with Crippen molar-refractivity contribution < 1.29 is 18.0 Å². The van der Waals surface area contributed by atoms with Crippen molar-refractivity contribution in [3.63, 3.8) is 0 Å². The molecule has 0 saturated heterocycles. The molecule has 3 aromatic rings. The van der Waals surface area contributed by atoms with Crippen molar-refractivity contribution >= 4 is 62.3 Å². The van der Waals surface area contributed by atoms with Gasteiger partial charge < -0.3 is 10.2 Å². The molecule has 0 saturated carbocycles. The Labute approximate surface area is 251 Å². The van der Waals surface area contributed by atoms with Gasteiger partial charge in [-0.2, -0.15) is 0 Å². The molecule has 0 bridgehead atoms. The molecule has 3 aromatic carbocycles. The average molecular weight is 625 g/mol. The van der Waals surface area contributed by atoms with Gasteiger partial charge in [0.2, 0.25) is 11.8 Å². The first-order valence-electron chi connectivity index (χ1n) is 12.7. The lowest BCUT2D eigenvalue weighted by Gasteiger charge is -2.32. The van der Waals surface area contributed by atoms with E-state index in [1.54, 1.807) is 55.5 Å². The molecule has 0 radical (unpaired) electrons. The number of aryl methyl sites for hydroxylation is 1. The van der Waals surface area contributed by atoms with Crippen LogP contribution >= 0.6 is 34.8 Å². The molecule has 0 spiro atoms. The summed E-state index contributed by atoms with van der Waals surface area (Å²) in [5.41, 5.74) is 1.65. The standard InChI is InChI=1S/C29H32Cl3N3O4S/c1-5-20(3)33-29(37)21(4)34(17-22-12-15-24(30)26(32)16-22)28(36)18-35(27-9-7-6-8-25(27)31)40(38,39)23-13-10-19(2)11-14-23/h6-16,20-21H,5,17-18H2,1-4H3,(H,33,37)/t20-,21+/m1/s1. The second-order valence-electron chi connectivity index (χ2n) is 9.54. The number of rotatable bonds is 11. The largest absolute Gasteiger partial charge is 0.352 e. The van der Waals surface area contributed by atoms with Crippen LogP contribution in [-0.4, -0.2) is 43.8 Å². The van der Waals surface area contributed by atoms with Crippen LogP contribution in [0, 0.1) is 6.92 Å². The third kappa shape index (κ3) is 7.69. The fraction of sp³-hybridized carbons (Fsp3) is 0.310. The lowest BCUT2D eigenvalue weighted by molar-refractivity contribution is -0.139. The van der Waals surface area contributed by atoms with Gasteiger partial charge >= 0.3 is 0 Å². The fourth-order valence-corrected chi connectivity index (χ4v) is 5.93. The summed E-state index contributed by atoms with van der Waals surface area (Å²) in [6.45, 7) is 6.64. The third-order valence-corrected chi connectivity index (χ3v) is 9.35. The van der Waals surface area contributed by atoms with Crippen molar-refractivity contribution in [2.75, 3.05) is 10.8 Å². The summed E-state index contributed by atoms with van der Waals surface area (Å²) in [4.78, 5) is 28.4. The van der Waals surface area contributed by atoms with Crippen LogP contribution in [0.4, 0.5) is 5.69 Å². The molecule has 1 N–H and O–H groups in total. The van der Waals surface area contributed by atoms with Gasteiger partial charge in [-0.25, -0.2) is 8.42 Å². The molecule has 0 aromatic heterocycles. The highest BCUT2D eigenvalue weighted by Crippen LogP contribution is 2.31. The Balaban J connectivity index is 2.05. The molecule has 2 amide bonds. The van der Waals surface area contributed by atoms with Gasteiger partial charge in [-0.05, 0) is 69.2 Å². The van der Waals surface area contributed by atoms with E-state index in [0.29, 0.717) is 22.0 Å². The zero-order valence-corrected chi connectivity index (χ0v) is 25.8. The number of nitrogens with one attached hydrogen (secondary N) is 1. The van der Waals surface area contributed by atoms with E-state index in [1.807, 2.05) is 20.8 Å². The number of para-hydroxylation sites is 1. The Bertz CT molecular complexity index is 1470. The Morgan fingerprint density at radius 1 is 0.900 bits per heavy atom. The van der Waals surface area contributed by atoms with E-state index in [2.05, 4.69) is 5.32 Å². The second kappa shape index (κ2) is 13.7. The summed E-state index contributed by atoms with van der Waals surface area (Å²) in [6.07, 6.45) is 0.703. The first-order valence-corrected chi connectivity index (χ1v) is 15.3. The average Bonchev–Trinajstić information content (AvgIpc) is 2.92. The SMILES string of the molecule is CC[C@@H](C)NC(=O)[C@H](C)N(Cc1ccc(Cl)c(Cl)c1)C(=O)CN(c1ccccc1Cl)S(=O)(=O)c1ccc(C)cc1. The van der Waals surface area contributed by atoms with Crippen LogP contribution in [0.1, 0.15) is 38.3 Å². The minimum atomic E-state index is -4.21. The summed E-state index contributed by atoms with van der Waals surface area (Å²) in [5, 5.41) is 3.69. The van der Waals surface area contributed by atoms with Gasteiger partial charge in [0.1, 0.15) is 12.6 Å². The molecule has 0 aliphatic heterocycles. The zero-order chi connectivity index (χ0) is 29.6. The predicted octanol–water partition coefficient (Wildman–Crippen LogP) is 6.48. The van der Waals surface area contributed by atoms with Gasteiger partial charge in [0, 0.05) is 12.6 Å².